The minimum absolute atomic E-state index is 0.141. The Balaban J connectivity index is 2.09. The molecule has 1 fully saturated rings. The molecule has 0 unspecified atom stereocenters. The van der Waals surface area contributed by atoms with Crippen molar-refractivity contribution >= 4 is 11.4 Å². The molecule has 2 atom stereocenters. The maximum atomic E-state index is 5.66. The van der Waals surface area contributed by atoms with Gasteiger partial charge in [-0.2, -0.15) is 0 Å². The Bertz CT molecular complexity index is 327. The third-order valence-electron chi connectivity index (χ3n) is 3.08. The first-order chi connectivity index (χ1) is 7.74. The highest BCUT2D eigenvalue weighted by atomic mass is 16.5. The van der Waals surface area contributed by atoms with Crippen LogP contribution in [0, 0.1) is 0 Å². The summed E-state index contributed by atoms with van der Waals surface area (Å²) in [4.78, 5) is 2.25. The smallest absolute Gasteiger partial charge is 0.102 e. The molecule has 0 radical (unpaired) electrons. The molecule has 0 saturated carbocycles. The maximum absolute atomic E-state index is 5.66. The molecule has 1 aliphatic heterocycles. The average molecular weight is 222 g/mol. The van der Waals surface area contributed by atoms with E-state index in [0.717, 1.165) is 24.5 Å². The van der Waals surface area contributed by atoms with Crippen LogP contribution in [-0.2, 0) is 9.47 Å². The molecule has 4 nitrogen and oxygen atoms in total. The molecule has 0 spiro atoms. The second-order valence-electron chi connectivity index (χ2n) is 4.04. The van der Waals surface area contributed by atoms with Crippen LogP contribution < -0.4 is 10.6 Å². The summed E-state index contributed by atoms with van der Waals surface area (Å²) in [6, 6.07) is 7.88. The highest BCUT2D eigenvalue weighted by Gasteiger charge is 2.32. The molecule has 0 aliphatic carbocycles. The van der Waals surface area contributed by atoms with Crippen LogP contribution in [-0.4, -0.2) is 39.5 Å². The molecule has 16 heavy (non-hydrogen) atoms. The van der Waals surface area contributed by atoms with Crippen molar-refractivity contribution in [1.29, 1.82) is 0 Å². The van der Waals surface area contributed by atoms with E-state index < -0.39 is 0 Å². The Morgan fingerprint density at radius 3 is 2.00 bits per heavy atom. The Hall–Kier alpha value is -1.26. The molecule has 0 aromatic heterocycles. The van der Waals surface area contributed by atoms with E-state index in [1.807, 2.05) is 24.3 Å². The van der Waals surface area contributed by atoms with Crippen LogP contribution in [0.2, 0.25) is 0 Å². The van der Waals surface area contributed by atoms with Gasteiger partial charge in [-0.05, 0) is 24.3 Å². The molecular weight excluding hydrogens is 204 g/mol. The number of hydrogen-bond acceptors (Lipinski definition) is 4. The van der Waals surface area contributed by atoms with Crippen LogP contribution in [0.3, 0.4) is 0 Å². The van der Waals surface area contributed by atoms with Crippen LogP contribution in [0.15, 0.2) is 24.3 Å². The third kappa shape index (κ3) is 2.13. The summed E-state index contributed by atoms with van der Waals surface area (Å²) in [5.41, 5.74) is 7.61. The van der Waals surface area contributed by atoms with Gasteiger partial charge in [0.15, 0.2) is 0 Å². The highest BCUT2D eigenvalue weighted by Crippen LogP contribution is 2.24. The van der Waals surface area contributed by atoms with E-state index in [1.165, 1.54) is 0 Å². The number of anilines is 2. The lowest BCUT2D eigenvalue weighted by atomic mass is 10.2. The van der Waals surface area contributed by atoms with Gasteiger partial charge in [-0.15, -0.1) is 0 Å². The highest BCUT2D eigenvalue weighted by molar-refractivity contribution is 5.54. The van der Waals surface area contributed by atoms with E-state index in [-0.39, 0.29) is 12.2 Å². The lowest BCUT2D eigenvalue weighted by Crippen LogP contribution is -2.27. The van der Waals surface area contributed by atoms with Crippen molar-refractivity contribution in [2.24, 2.45) is 0 Å². The molecule has 0 amide bonds. The predicted octanol–water partition coefficient (Wildman–Crippen LogP) is 1.12. The van der Waals surface area contributed by atoms with Gasteiger partial charge in [-0.1, -0.05) is 0 Å². The Labute approximate surface area is 95.9 Å². The molecule has 1 aliphatic rings. The molecule has 1 saturated heterocycles. The summed E-state index contributed by atoms with van der Waals surface area (Å²) in [6.07, 6.45) is 0.283. The van der Waals surface area contributed by atoms with E-state index in [0.29, 0.717) is 0 Å². The standard InChI is InChI=1S/C12H18N2O2/c1-15-11-7-14(8-12(11)16-2)10-5-3-9(13)4-6-10/h3-6,11-12H,7-8,13H2,1-2H3/t11-,12-/m1/s1. The normalized spacial score (nSPS) is 25.0. The van der Waals surface area contributed by atoms with E-state index >= 15 is 0 Å². The van der Waals surface area contributed by atoms with Crippen molar-refractivity contribution in [3.8, 4) is 0 Å². The number of nitrogen functional groups attached to an aromatic ring is 1. The van der Waals surface area contributed by atoms with Crippen LogP contribution >= 0.6 is 0 Å². The van der Waals surface area contributed by atoms with Crippen molar-refractivity contribution in [3.05, 3.63) is 24.3 Å². The predicted molar refractivity (Wildman–Crippen MR) is 64.7 cm³/mol. The van der Waals surface area contributed by atoms with Crippen LogP contribution in [0.5, 0.6) is 0 Å². The topological polar surface area (TPSA) is 47.7 Å². The first-order valence-electron chi connectivity index (χ1n) is 5.40. The second kappa shape index (κ2) is 4.72. The van der Waals surface area contributed by atoms with E-state index in [1.54, 1.807) is 14.2 Å². The number of benzene rings is 1. The minimum Gasteiger partial charge on any atom is -0.399 e. The molecule has 1 aromatic carbocycles. The van der Waals surface area contributed by atoms with Gasteiger partial charge in [0, 0.05) is 38.7 Å². The fraction of sp³-hybridized carbons (Fsp3) is 0.500. The molecule has 2 N–H and O–H groups in total. The average Bonchev–Trinajstić information content (AvgIpc) is 2.73. The second-order valence-corrected chi connectivity index (χ2v) is 4.04. The van der Waals surface area contributed by atoms with E-state index in [9.17, 15) is 0 Å². The van der Waals surface area contributed by atoms with Crippen molar-refractivity contribution in [2.75, 3.05) is 37.9 Å². The summed E-state index contributed by atoms with van der Waals surface area (Å²) < 4.78 is 10.8. The van der Waals surface area contributed by atoms with Crippen LogP contribution in [0.25, 0.3) is 0 Å². The Kier molecular flexibility index (Phi) is 3.31. The van der Waals surface area contributed by atoms with Gasteiger partial charge in [-0.3, -0.25) is 0 Å². The molecule has 0 bridgehead atoms. The van der Waals surface area contributed by atoms with Crippen LogP contribution in [0.1, 0.15) is 0 Å². The molecule has 4 heteroatoms. The number of ether oxygens (including phenoxy) is 2. The van der Waals surface area contributed by atoms with Gasteiger partial charge in [0.2, 0.25) is 0 Å². The fourth-order valence-electron chi connectivity index (χ4n) is 2.09. The van der Waals surface area contributed by atoms with Crippen LogP contribution in [0.4, 0.5) is 11.4 Å². The largest absolute Gasteiger partial charge is 0.399 e. The zero-order chi connectivity index (χ0) is 11.5. The van der Waals surface area contributed by atoms with Crippen molar-refractivity contribution in [2.45, 2.75) is 12.2 Å². The van der Waals surface area contributed by atoms with Gasteiger partial charge in [0.1, 0.15) is 12.2 Å². The number of hydrogen-bond donors (Lipinski definition) is 1. The first kappa shape index (κ1) is 11.2. The zero-order valence-electron chi connectivity index (χ0n) is 9.72. The number of nitrogens with zero attached hydrogens (tertiary/aromatic N) is 1. The van der Waals surface area contributed by atoms with Gasteiger partial charge in [-0.25, -0.2) is 0 Å². The monoisotopic (exact) mass is 222 g/mol. The van der Waals surface area contributed by atoms with E-state index in [2.05, 4.69) is 4.90 Å². The van der Waals surface area contributed by atoms with Crippen molar-refractivity contribution in [1.82, 2.24) is 0 Å². The molecule has 1 heterocycles. The quantitative estimate of drug-likeness (QED) is 0.778. The number of rotatable bonds is 3. The van der Waals surface area contributed by atoms with E-state index in [4.69, 9.17) is 15.2 Å². The lowest BCUT2D eigenvalue weighted by molar-refractivity contribution is -0.00461. The van der Waals surface area contributed by atoms with Gasteiger partial charge in [0.05, 0.1) is 0 Å². The van der Waals surface area contributed by atoms with Gasteiger partial charge in [0.25, 0.3) is 0 Å². The zero-order valence-corrected chi connectivity index (χ0v) is 9.72. The van der Waals surface area contributed by atoms with Gasteiger partial charge < -0.3 is 20.1 Å². The first-order valence-corrected chi connectivity index (χ1v) is 5.40. The summed E-state index contributed by atoms with van der Waals surface area (Å²) in [5, 5.41) is 0. The fourth-order valence-corrected chi connectivity index (χ4v) is 2.09. The molecular formula is C12H18N2O2. The Morgan fingerprint density at radius 2 is 1.56 bits per heavy atom. The minimum atomic E-state index is 0.141. The summed E-state index contributed by atoms with van der Waals surface area (Å²) >= 11 is 0. The molecule has 2 rings (SSSR count). The maximum Gasteiger partial charge on any atom is 0.102 e. The lowest BCUT2D eigenvalue weighted by Gasteiger charge is -2.17. The van der Waals surface area contributed by atoms with Gasteiger partial charge >= 0.3 is 0 Å². The third-order valence-corrected chi connectivity index (χ3v) is 3.08. The van der Waals surface area contributed by atoms with Crippen molar-refractivity contribution in [3.63, 3.8) is 0 Å². The summed E-state index contributed by atoms with van der Waals surface area (Å²) in [6.45, 7) is 1.72. The molecule has 1 aromatic rings. The van der Waals surface area contributed by atoms with Crippen molar-refractivity contribution < 1.29 is 9.47 Å². The molecule has 88 valence electrons. The SMILES string of the molecule is CO[C@@H]1CN(c2ccc(N)cc2)C[C@H]1OC. The summed E-state index contributed by atoms with van der Waals surface area (Å²) in [5.74, 6) is 0. The Morgan fingerprint density at radius 1 is 1.06 bits per heavy atom. The number of nitrogens with two attached hydrogens (primary N) is 1. The number of methoxy groups -OCH3 is 2. The summed E-state index contributed by atoms with van der Waals surface area (Å²) in [7, 11) is 3.45.